The van der Waals surface area contributed by atoms with Crippen LogP contribution < -0.4 is 5.32 Å². The zero-order valence-electron chi connectivity index (χ0n) is 10.1. The molecule has 1 aromatic heterocycles. The van der Waals surface area contributed by atoms with Crippen LogP contribution in [-0.4, -0.2) is 42.9 Å². The van der Waals surface area contributed by atoms with Gasteiger partial charge >= 0.3 is 0 Å². The third kappa shape index (κ3) is 3.99. The number of aromatic nitrogens is 2. The van der Waals surface area contributed by atoms with Crippen molar-refractivity contribution >= 4 is 0 Å². The molecule has 1 aliphatic rings. The topological polar surface area (TPSA) is 60.2 Å². The highest BCUT2D eigenvalue weighted by Crippen LogP contribution is 2.21. The molecule has 0 radical (unpaired) electrons. The molecular weight excluding hydrogens is 244 g/mol. The van der Waals surface area contributed by atoms with E-state index in [0.717, 1.165) is 25.9 Å². The van der Waals surface area contributed by atoms with Gasteiger partial charge < -0.3 is 14.6 Å². The van der Waals surface area contributed by atoms with E-state index in [1.807, 2.05) is 0 Å². The van der Waals surface area contributed by atoms with Crippen molar-refractivity contribution < 1.29 is 18.0 Å². The van der Waals surface area contributed by atoms with E-state index < -0.39 is 13.0 Å². The number of rotatable bonds is 6. The van der Waals surface area contributed by atoms with Crippen LogP contribution in [0.25, 0.3) is 0 Å². The van der Waals surface area contributed by atoms with Gasteiger partial charge in [0, 0.05) is 13.0 Å². The van der Waals surface area contributed by atoms with Gasteiger partial charge in [0.05, 0.1) is 12.5 Å². The molecule has 0 aromatic carbocycles. The summed E-state index contributed by atoms with van der Waals surface area (Å²) in [5, 5.41) is 7.10. The second-order valence-corrected chi connectivity index (χ2v) is 4.31. The first-order valence-corrected chi connectivity index (χ1v) is 6.15. The van der Waals surface area contributed by atoms with Gasteiger partial charge in [-0.15, -0.1) is 0 Å². The molecule has 0 saturated carbocycles. The van der Waals surface area contributed by atoms with E-state index in [2.05, 4.69) is 15.5 Å². The minimum atomic E-state index is -2.43. The first-order valence-electron chi connectivity index (χ1n) is 6.15. The molecule has 0 amide bonds. The van der Waals surface area contributed by atoms with Crippen LogP contribution in [0.15, 0.2) is 4.52 Å². The highest BCUT2D eigenvalue weighted by atomic mass is 19.3. The van der Waals surface area contributed by atoms with Crippen molar-refractivity contribution in [3.8, 4) is 0 Å². The number of halogens is 2. The highest BCUT2D eigenvalue weighted by Gasteiger charge is 2.21. The maximum absolute atomic E-state index is 11.8. The van der Waals surface area contributed by atoms with Crippen molar-refractivity contribution in [1.82, 2.24) is 15.5 Å². The number of nitrogens with one attached hydrogen (secondary N) is 1. The van der Waals surface area contributed by atoms with Gasteiger partial charge in [-0.1, -0.05) is 5.16 Å². The first kappa shape index (κ1) is 13.4. The average Bonchev–Trinajstić information content (AvgIpc) is 2.84. The van der Waals surface area contributed by atoms with Gasteiger partial charge in [0.25, 0.3) is 6.43 Å². The fraction of sp³-hybridized carbons (Fsp3) is 0.818. The molecule has 2 heterocycles. The first-order chi connectivity index (χ1) is 8.75. The van der Waals surface area contributed by atoms with E-state index in [1.165, 1.54) is 0 Å². The summed E-state index contributed by atoms with van der Waals surface area (Å²) in [6.07, 6.45) is 0.103. The molecule has 1 aromatic rings. The van der Waals surface area contributed by atoms with E-state index in [1.54, 1.807) is 0 Å². The molecule has 1 N–H and O–H groups in total. The molecule has 0 aliphatic carbocycles. The Morgan fingerprint density at radius 1 is 1.50 bits per heavy atom. The second-order valence-electron chi connectivity index (χ2n) is 4.31. The lowest BCUT2D eigenvalue weighted by Gasteiger charge is -2.18. The van der Waals surface area contributed by atoms with Crippen molar-refractivity contribution in [2.24, 2.45) is 0 Å². The Bertz CT molecular complexity index is 354. The van der Waals surface area contributed by atoms with Crippen LogP contribution in [-0.2, 0) is 11.2 Å². The van der Waals surface area contributed by atoms with Crippen molar-refractivity contribution in [1.29, 1.82) is 0 Å². The van der Waals surface area contributed by atoms with Crippen molar-refractivity contribution in [2.75, 3.05) is 26.3 Å². The number of nitrogens with zero attached hydrogens (tertiary/aromatic N) is 2. The third-order valence-corrected chi connectivity index (χ3v) is 2.84. The molecule has 1 saturated heterocycles. The smallest absolute Gasteiger partial charge is 0.261 e. The fourth-order valence-electron chi connectivity index (χ4n) is 1.93. The van der Waals surface area contributed by atoms with Gasteiger partial charge in [-0.25, -0.2) is 8.78 Å². The highest BCUT2D eigenvalue weighted by molar-refractivity contribution is 4.96. The van der Waals surface area contributed by atoms with Crippen LogP contribution in [0.3, 0.4) is 0 Å². The zero-order valence-corrected chi connectivity index (χ0v) is 10.1. The minimum Gasteiger partial charge on any atom is -0.375 e. The standard InChI is InChI=1S/C11H17F2N3O2/c12-9(13)7-17-5-3-10-15-11(18-16-10)8-2-1-4-14-6-8/h8-9,14H,1-7H2. The second kappa shape index (κ2) is 6.75. The van der Waals surface area contributed by atoms with E-state index >= 15 is 0 Å². The molecule has 102 valence electrons. The van der Waals surface area contributed by atoms with Crippen LogP contribution in [0.5, 0.6) is 0 Å². The summed E-state index contributed by atoms with van der Waals surface area (Å²) in [5.41, 5.74) is 0. The lowest BCUT2D eigenvalue weighted by molar-refractivity contribution is 0.0182. The summed E-state index contributed by atoms with van der Waals surface area (Å²) in [7, 11) is 0. The van der Waals surface area contributed by atoms with E-state index in [0.29, 0.717) is 18.1 Å². The Balaban J connectivity index is 1.75. The normalized spacial score (nSPS) is 20.5. The van der Waals surface area contributed by atoms with Crippen LogP contribution in [0.2, 0.25) is 0 Å². The molecule has 1 atom stereocenters. The van der Waals surface area contributed by atoms with E-state index in [4.69, 9.17) is 9.26 Å². The lowest BCUT2D eigenvalue weighted by Crippen LogP contribution is -2.28. The summed E-state index contributed by atoms with van der Waals surface area (Å²) in [6.45, 7) is 1.52. The Kier molecular flexibility index (Phi) is 5.00. The summed E-state index contributed by atoms with van der Waals surface area (Å²) < 4.78 is 33.6. The molecule has 5 nitrogen and oxygen atoms in total. The predicted octanol–water partition coefficient (Wildman–Crippen LogP) is 1.36. The SMILES string of the molecule is FC(F)COCCc1noc(C2CCCNC2)n1. The van der Waals surface area contributed by atoms with Gasteiger partial charge in [-0.3, -0.25) is 0 Å². The molecule has 1 fully saturated rings. The molecule has 2 rings (SSSR count). The Morgan fingerprint density at radius 3 is 3.11 bits per heavy atom. The summed E-state index contributed by atoms with van der Waals surface area (Å²) >= 11 is 0. The largest absolute Gasteiger partial charge is 0.375 e. The summed E-state index contributed by atoms with van der Waals surface area (Å²) in [5.74, 6) is 1.41. The van der Waals surface area contributed by atoms with Crippen molar-refractivity contribution in [3.63, 3.8) is 0 Å². The van der Waals surface area contributed by atoms with E-state index in [-0.39, 0.29) is 12.5 Å². The maximum atomic E-state index is 11.8. The Hall–Kier alpha value is -1.08. The van der Waals surface area contributed by atoms with Crippen LogP contribution >= 0.6 is 0 Å². The van der Waals surface area contributed by atoms with E-state index in [9.17, 15) is 8.78 Å². The monoisotopic (exact) mass is 261 g/mol. The van der Waals surface area contributed by atoms with Gasteiger partial charge in [0.15, 0.2) is 5.82 Å². The lowest BCUT2D eigenvalue weighted by atomic mass is 10.00. The molecule has 1 unspecified atom stereocenters. The number of alkyl halides is 2. The summed E-state index contributed by atoms with van der Waals surface area (Å²) in [6, 6.07) is 0. The van der Waals surface area contributed by atoms with Crippen LogP contribution in [0, 0.1) is 0 Å². The Labute approximate surface area is 104 Å². The average molecular weight is 261 g/mol. The molecule has 0 spiro atoms. The summed E-state index contributed by atoms with van der Waals surface area (Å²) in [4.78, 5) is 4.27. The van der Waals surface area contributed by atoms with Gasteiger partial charge in [-0.2, -0.15) is 4.98 Å². The Morgan fingerprint density at radius 2 is 2.39 bits per heavy atom. The number of ether oxygens (including phenoxy) is 1. The molecular formula is C11H17F2N3O2. The maximum Gasteiger partial charge on any atom is 0.261 e. The number of hydrogen-bond acceptors (Lipinski definition) is 5. The van der Waals surface area contributed by atoms with Crippen LogP contribution in [0.4, 0.5) is 8.78 Å². The molecule has 0 bridgehead atoms. The van der Waals surface area contributed by atoms with Crippen molar-refractivity contribution in [3.05, 3.63) is 11.7 Å². The van der Waals surface area contributed by atoms with Crippen molar-refractivity contribution in [2.45, 2.75) is 31.6 Å². The number of hydrogen-bond donors (Lipinski definition) is 1. The minimum absolute atomic E-state index is 0.187. The fourth-order valence-corrected chi connectivity index (χ4v) is 1.93. The van der Waals surface area contributed by atoms with Gasteiger partial charge in [-0.05, 0) is 19.4 Å². The molecule has 1 aliphatic heterocycles. The van der Waals surface area contributed by atoms with Crippen LogP contribution in [0.1, 0.15) is 30.5 Å². The van der Waals surface area contributed by atoms with Gasteiger partial charge in [0.1, 0.15) is 6.61 Å². The molecule has 7 heteroatoms. The molecule has 18 heavy (non-hydrogen) atoms. The zero-order chi connectivity index (χ0) is 12.8. The quantitative estimate of drug-likeness (QED) is 0.783. The number of piperidine rings is 1. The third-order valence-electron chi connectivity index (χ3n) is 2.84. The predicted molar refractivity (Wildman–Crippen MR) is 59.7 cm³/mol. The van der Waals surface area contributed by atoms with Gasteiger partial charge in [0.2, 0.25) is 5.89 Å².